The van der Waals surface area contributed by atoms with E-state index in [0.717, 1.165) is 12.0 Å². The number of hydrogen-bond donors (Lipinski definition) is 1. The lowest BCUT2D eigenvalue weighted by Crippen LogP contribution is -2.25. The van der Waals surface area contributed by atoms with Gasteiger partial charge in [0.1, 0.15) is 5.82 Å². The Morgan fingerprint density at radius 3 is 2.50 bits per heavy atom. The monoisotopic (exact) mass is 251 g/mol. The maximum absolute atomic E-state index is 13.2. The van der Waals surface area contributed by atoms with Crippen LogP contribution in [0.3, 0.4) is 0 Å². The number of halogens is 1. The van der Waals surface area contributed by atoms with Gasteiger partial charge in [0.05, 0.1) is 0 Å². The van der Waals surface area contributed by atoms with Crippen LogP contribution in [0, 0.1) is 18.7 Å². The van der Waals surface area contributed by atoms with Crippen LogP contribution in [0.1, 0.15) is 56.7 Å². The van der Waals surface area contributed by atoms with Crippen molar-refractivity contribution in [2.45, 2.75) is 52.5 Å². The molecule has 2 unspecified atom stereocenters. The van der Waals surface area contributed by atoms with Crippen molar-refractivity contribution < 1.29 is 4.39 Å². The molecule has 18 heavy (non-hydrogen) atoms. The van der Waals surface area contributed by atoms with Crippen molar-refractivity contribution >= 4 is 0 Å². The SMILES string of the molecule is CCCCC(CC)C(NC)c1ccc(F)cc1C. The van der Waals surface area contributed by atoms with E-state index in [2.05, 4.69) is 19.2 Å². The van der Waals surface area contributed by atoms with E-state index in [1.165, 1.54) is 24.8 Å². The van der Waals surface area contributed by atoms with Crippen LogP contribution in [0.2, 0.25) is 0 Å². The minimum atomic E-state index is -0.146. The fourth-order valence-corrected chi connectivity index (χ4v) is 2.71. The average molecular weight is 251 g/mol. The Balaban J connectivity index is 2.92. The molecule has 0 bridgehead atoms. The van der Waals surface area contributed by atoms with E-state index in [9.17, 15) is 4.39 Å². The second-order valence-electron chi connectivity index (χ2n) is 5.08. The molecule has 1 rings (SSSR count). The Hall–Kier alpha value is -0.890. The van der Waals surface area contributed by atoms with Crippen LogP contribution in [-0.4, -0.2) is 7.05 Å². The zero-order valence-corrected chi connectivity index (χ0v) is 12.1. The Kier molecular flexibility index (Phi) is 6.34. The lowest BCUT2D eigenvalue weighted by molar-refractivity contribution is 0.338. The van der Waals surface area contributed by atoms with Crippen molar-refractivity contribution in [3.63, 3.8) is 0 Å². The maximum atomic E-state index is 13.2. The van der Waals surface area contributed by atoms with Crippen molar-refractivity contribution in [2.75, 3.05) is 7.05 Å². The Bertz CT molecular complexity index is 362. The van der Waals surface area contributed by atoms with Crippen LogP contribution in [0.4, 0.5) is 4.39 Å². The number of aryl methyl sites for hydroxylation is 1. The molecule has 1 aromatic rings. The van der Waals surface area contributed by atoms with Gasteiger partial charge in [-0.2, -0.15) is 0 Å². The zero-order chi connectivity index (χ0) is 13.5. The number of rotatable bonds is 7. The molecule has 0 heterocycles. The van der Waals surface area contributed by atoms with Gasteiger partial charge in [-0.3, -0.25) is 0 Å². The summed E-state index contributed by atoms with van der Waals surface area (Å²) in [6.45, 7) is 6.46. The summed E-state index contributed by atoms with van der Waals surface area (Å²) in [5.41, 5.74) is 2.28. The van der Waals surface area contributed by atoms with E-state index < -0.39 is 0 Å². The highest BCUT2D eigenvalue weighted by atomic mass is 19.1. The molecule has 1 nitrogen and oxygen atoms in total. The molecule has 0 saturated heterocycles. The summed E-state index contributed by atoms with van der Waals surface area (Å²) >= 11 is 0. The van der Waals surface area contributed by atoms with E-state index >= 15 is 0 Å². The van der Waals surface area contributed by atoms with Crippen LogP contribution in [0.5, 0.6) is 0 Å². The van der Waals surface area contributed by atoms with Crippen molar-refractivity contribution in [3.05, 3.63) is 35.1 Å². The van der Waals surface area contributed by atoms with Gasteiger partial charge in [-0.25, -0.2) is 4.39 Å². The summed E-state index contributed by atoms with van der Waals surface area (Å²) < 4.78 is 13.2. The molecule has 0 aliphatic carbocycles. The van der Waals surface area contributed by atoms with Gasteiger partial charge < -0.3 is 5.32 Å². The maximum Gasteiger partial charge on any atom is 0.123 e. The summed E-state index contributed by atoms with van der Waals surface area (Å²) in [5.74, 6) is 0.479. The molecule has 0 saturated carbocycles. The smallest absolute Gasteiger partial charge is 0.123 e. The molecule has 0 spiro atoms. The second-order valence-corrected chi connectivity index (χ2v) is 5.08. The highest BCUT2D eigenvalue weighted by Gasteiger charge is 2.21. The largest absolute Gasteiger partial charge is 0.313 e. The Morgan fingerprint density at radius 2 is 2.00 bits per heavy atom. The number of hydrogen-bond acceptors (Lipinski definition) is 1. The third kappa shape index (κ3) is 3.81. The number of nitrogens with one attached hydrogen (secondary N) is 1. The number of benzene rings is 1. The van der Waals surface area contributed by atoms with Crippen LogP contribution in [-0.2, 0) is 0 Å². The van der Waals surface area contributed by atoms with E-state index in [0.29, 0.717) is 12.0 Å². The molecule has 2 heteroatoms. The van der Waals surface area contributed by atoms with Crippen molar-refractivity contribution in [1.82, 2.24) is 5.32 Å². The topological polar surface area (TPSA) is 12.0 Å². The predicted octanol–water partition coefficient (Wildman–Crippen LogP) is 4.61. The first kappa shape index (κ1) is 15.2. The van der Waals surface area contributed by atoms with Crippen LogP contribution in [0.15, 0.2) is 18.2 Å². The summed E-state index contributed by atoms with van der Waals surface area (Å²) in [5, 5.41) is 3.42. The molecule has 0 aliphatic heterocycles. The van der Waals surface area contributed by atoms with Gasteiger partial charge in [-0.1, -0.05) is 39.2 Å². The van der Waals surface area contributed by atoms with Crippen molar-refractivity contribution in [1.29, 1.82) is 0 Å². The normalized spacial score (nSPS) is 14.5. The van der Waals surface area contributed by atoms with Gasteiger partial charge in [-0.15, -0.1) is 0 Å². The highest BCUT2D eigenvalue weighted by Crippen LogP contribution is 2.30. The zero-order valence-electron chi connectivity index (χ0n) is 12.1. The van der Waals surface area contributed by atoms with Crippen molar-refractivity contribution in [2.24, 2.45) is 5.92 Å². The van der Waals surface area contributed by atoms with Gasteiger partial charge in [0.25, 0.3) is 0 Å². The molecule has 2 atom stereocenters. The lowest BCUT2D eigenvalue weighted by Gasteiger charge is -2.27. The second kappa shape index (κ2) is 7.52. The van der Waals surface area contributed by atoms with Crippen LogP contribution in [0.25, 0.3) is 0 Å². The standard InChI is InChI=1S/C16H26FN/c1-5-7-8-13(6-2)16(18-4)15-10-9-14(17)11-12(15)3/h9-11,13,16,18H,5-8H2,1-4H3. The van der Waals surface area contributed by atoms with Gasteiger partial charge in [0, 0.05) is 6.04 Å². The molecule has 1 N–H and O–H groups in total. The first-order chi connectivity index (χ1) is 8.63. The molecule has 102 valence electrons. The van der Waals surface area contributed by atoms with Gasteiger partial charge in [0.2, 0.25) is 0 Å². The summed E-state index contributed by atoms with van der Waals surface area (Å²) in [6, 6.07) is 5.47. The van der Waals surface area contributed by atoms with Crippen LogP contribution >= 0.6 is 0 Å². The minimum Gasteiger partial charge on any atom is -0.313 e. The quantitative estimate of drug-likeness (QED) is 0.746. The van der Waals surface area contributed by atoms with Gasteiger partial charge in [0.15, 0.2) is 0 Å². The average Bonchev–Trinajstić information content (AvgIpc) is 2.36. The van der Waals surface area contributed by atoms with Gasteiger partial charge in [-0.05, 0) is 49.6 Å². The molecule has 1 aromatic carbocycles. The minimum absolute atomic E-state index is 0.146. The van der Waals surface area contributed by atoms with E-state index in [1.54, 1.807) is 12.1 Å². The molecule has 0 fully saturated rings. The molecule has 0 aromatic heterocycles. The molecule has 0 amide bonds. The third-order valence-corrected chi connectivity index (χ3v) is 3.80. The summed E-state index contributed by atoms with van der Waals surface area (Å²) in [6.07, 6.45) is 4.88. The van der Waals surface area contributed by atoms with Gasteiger partial charge >= 0.3 is 0 Å². The fraction of sp³-hybridized carbons (Fsp3) is 0.625. The predicted molar refractivity (Wildman–Crippen MR) is 76.2 cm³/mol. The number of unbranched alkanes of at least 4 members (excludes halogenated alkanes) is 1. The first-order valence-electron chi connectivity index (χ1n) is 7.07. The molecule has 0 aliphatic rings. The Morgan fingerprint density at radius 1 is 1.28 bits per heavy atom. The molecule has 0 radical (unpaired) electrons. The summed E-state index contributed by atoms with van der Waals surface area (Å²) in [4.78, 5) is 0. The fourth-order valence-electron chi connectivity index (χ4n) is 2.71. The first-order valence-corrected chi connectivity index (χ1v) is 7.07. The van der Waals surface area contributed by atoms with E-state index in [-0.39, 0.29) is 5.82 Å². The highest BCUT2D eigenvalue weighted by molar-refractivity contribution is 5.30. The van der Waals surface area contributed by atoms with Crippen molar-refractivity contribution in [3.8, 4) is 0 Å². The van der Waals surface area contributed by atoms with E-state index in [4.69, 9.17) is 0 Å². The molecular weight excluding hydrogens is 225 g/mol. The summed E-state index contributed by atoms with van der Waals surface area (Å²) in [7, 11) is 2.00. The van der Waals surface area contributed by atoms with Crippen LogP contribution < -0.4 is 5.32 Å². The third-order valence-electron chi connectivity index (χ3n) is 3.80. The lowest BCUT2D eigenvalue weighted by atomic mass is 9.85. The Labute approximate surface area is 111 Å². The van der Waals surface area contributed by atoms with E-state index in [1.807, 2.05) is 20.0 Å². The molecular formula is C16H26FN.